The SMILES string of the molecule is CCCOCc1nc(-c2ccc(Cl)cc2)cc(=O)n1CC(=O)CC1(CO)CC1. The van der Waals surface area contributed by atoms with Crippen LogP contribution in [-0.4, -0.2) is 33.7 Å². The fourth-order valence-electron chi connectivity index (χ4n) is 3.13. The van der Waals surface area contributed by atoms with Gasteiger partial charge in [-0.2, -0.15) is 0 Å². The van der Waals surface area contributed by atoms with E-state index in [1.807, 2.05) is 6.92 Å². The quantitative estimate of drug-likeness (QED) is 0.615. The summed E-state index contributed by atoms with van der Waals surface area (Å²) in [6, 6.07) is 8.51. The Labute approximate surface area is 169 Å². The van der Waals surface area contributed by atoms with Crippen molar-refractivity contribution >= 4 is 17.4 Å². The molecule has 0 amide bonds. The number of hydrogen-bond acceptors (Lipinski definition) is 5. The van der Waals surface area contributed by atoms with Gasteiger partial charge < -0.3 is 9.84 Å². The number of nitrogens with zero attached hydrogens (tertiary/aromatic N) is 2. The van der Waals surface area contributed by atoms with Gasteiger partial charge in [0.1, 0.15) is 12.4 Å². The Morgan fingerprint density at radius 1 is 1.32 bits per heavy atom. The molecule has 28 heavy (non-hydrogen) atoms. The van der Waals surface area contributed by atoms with Crippen molar-refractivity contribution < 1.29 is 14.6 Å². The maximum Gasteiger partial charge on any atom is 0.254 e. The van der Waals surface area contributed by atoms with Crippen LogP contribution in [-0.2, 0) is 22.7 Å². The fraction of sp³-hybridized carbons (Fsp3) is 0.476. The lowest BCUT2D eigenvalue weighted by Crippen LogP contribution is -2.30. The van der Waals surface area contributed by atoms with E-state index >= 15 is 0 Å². The average Bonchev–Trinajstić information content (AvgIpc) is 3.44. The van der Waals surface area contributed by atoms with Crippen molar-refractivity contribution in [3.63, 3.8) is 0 Å². The first kappa shape index (κ1) is 20.7. The molecule has 0 aliphatic heterocycles. The van der Waals surface area contributed by atoms with Gasteiger partial charge >= 0.3 is 0 Å². The average molecular weight is 405 g/mol. The van der Waals surface area contributed by atoms with Crippen molar-refractivity contribution in [2.24, 2.45) is 5.41 Å². The monoisotopic (exact) mass is 404 g/mol. The predicted molar refractivity (Wildman–Crippen MR) is 107 cm³/mol. The molecule has 1 N–H and O–H groups in total. The van der Waals surface area contributed by atoms with Gasteiger partial charge in [-0.1, -0.05) is 30.7 Å². The van der Waals surface area contributed by atoms with Crippen molar-refractivity contribution in [2.75, 3.05) is 13.2 Å². The number of aromatic nitrogens is 2. The minimum atomic E-state index is -0.294. The van der Waals surface area contributed by atoms with Gasteiger partial charge in [-0.05, 0) is 31.4 Å². The predicted octanol–water partition coefficient (Wildman–Crippen LogP) is 3.22. The summed E-state index contributed by atoms with van der Waals surface area (Å²) < 4.78 is 6.98. The summed E-state index contributed by atoms with van der Waals surface area (Å²) in [5.74, 6) is 0.347. The van der Waals surface area contributed by atoms with E-state index in [0.717, 1.165) is 24.8 Å². The Morgan fingerprint density at radius 3 is 2.64 bits per heavy atom. The molecule has 1 aromatic heterocycles. The smallest absolute Gasteiger partial charge is 0.254 e. The molecule has 1 fully saturated rings. The molecule has 0 bridgehead atoms. The molecule has 1 aliphatic carbocycles. The minimum absolute atomic E-state index is 0.00780. The third-order valence-corrected chi connectivity index (χ3v) is 5.26. The third kappa shape index (κ3) is 5.07. The van der Waals surface area contributed by atoms with Crippen LogP contribution < -0.4 is 5.56 Å². The van der Waals surface area contributed by atoms with Gasteiger partial charge in [0.25, 0.3) is 5.56 Å². The molecule has 150 valence electrons. The van der Waals surface area contributed by atoms with Crippen LogP contribution in [0, 0.1) is 5.41 Å². The van der Waals surface area contributed by atoms with Gasteiger partial charge in [0, 0.05) is 41.7 Å². The molecule has 1 aliphatic rings. The molecule has 1 heterocycles. The number of aliphatic hydroxyl groups excluding tert-OH is 1. The molecular formula is C21H25ClN2O4. The number of aliphatic hydroxyl groups is 1. The zero-order valence-corrected chi connectivity index (χ0v) is 16.7. The van der Waals surface area contributed by atoms with E-state index in [1.165, 1.54) is 10.6 Å². The van der Waals surface area contributed by atoms with Crippen LogP contribution in [0.25, 0.3) is 11.3 Å². The second-order valence-electron chi connectivity index (χ2n) is 7.42. The van der Waals surface area contributed by atoms with Crippen molar-refractivity contribution in [3.8, 4) is 11.3 Å². The van der Waals surface area contributed by atoms with Gasteiger partial charge in [-0.3, -0.25) is 14.2 Å². The van der Waals surface area contributed by atoms with Crippen LogP contribution in [0.1, 0.15) is 38.4 Å². The lowest BCUT2D eigenvalue weighted by Gasteiger charge is -2.15. The molecule has 2 aromatic rings. The number of carbonyl (C=O) groups is 1. The van der Waals surface area contributed by atoms with E-state index < -0.39 is 0 Å². The summed E-state index contributed by atoms with van der Waals surface area (Å²) in [7, 11) is 0. The van der Waals surface area contributed by atoms with Crippen molar-refractivity contribution in [3.05, 3.63) is 51.5 Å². The number of ether oxygens (including phenoxy) is 1. The molecule has 3 rings (SSSR count). The number of rotatable bonds is 10. The molecule has 0 radical (unpaired) electrons. The zero-order chi connectivity index (χ0) is 20.1. The highest BCUT2D eigenvalue weighted by Crippen LogP contribution is 2.48. The van der Waals surface area contributed by atoms with E-state index in [1.54, 1.807) is 24.3 Å². The Balaban J connectivity index is 1.87. The first-order chi connectivity index (χ1) is 13.5. The number of Topliss-reactive ketones (excluding diaryl/α,β-unsaturated/α-hetero) is 1. The maximum absolute atomic E-state index is 12.8. The molecule has 0 spiro atoms. The van der Waals surface area contributed by atoms with E-state index in [4.69, 9.17) is 16.3 Å². The number of halogens is 1. The topological polar surface area (TPSA) is 81.4 Å². The van der Waals surface area contributed by atoms with Gasteiger partial charge in [-0.25, -0.2) is 4.98 Å². The lowest BCUT2D eigenvalue weighted by molar-refractivity contribution is -0.121. The van der Waals surface area contributed by atoms with E-state index in [9.17, 15) is 14.7 Å². The minimum Gasteiger partial charge on any atom is -0.396 e. The Bertz CT molecular complexity index is 888. The van der Waals surface area contributed by atoms with Crippen LogP contribution >= 0.6 is 11.6 Å². The molecule has 0 atom stereocenters. The maximum atomic E-state index is 12.8. The van der Waals surface area contributed by atoms with E-state index in [-0.39, 0.29) is 42.9 Å². The first-order valence-electron chi connectivity index (χ1n) is 9.53. The zero-order valence-electron chi connectivity index (χ0n) is 16.0. The largest absolute Gasteiger partial charge is 0.396 e. The van der Waals surface area contributed by atoms with Crippen LogP contribution in [0.4, 0.5) is 0 Å². The van der Waals surface area contributed by atoms with Crippen LogP contribution in [0.3, 0.4) is 0 Å². The van der Waals surface area contributed by atoms with Crippen LogP contribution in [0.5, 0.6) is 0 Å². The second-order valence-corrected chi connectivity index (χ2v) is 7.85. The number of carbonyl (C=O) groups excluding carboxylic acids is 1. The lowest BCUT2D eigenvalue weighted by atomic mass is 10.0. The van der Waals surface area contributed by atoms with Gasteiger partial charge in [0.05, 0.1) is 12.2 Å². The van der Waals surface area contributed by atoms with Gasteiger partial charge in [0.15, 0.2) is 5.78 Å². The number of ketones is 1. The van der Waals surface area contributed by atoms with Crippen molar-refractivity contribution in [2.45, 2.75) is 45.8 Å². The summed E-state index contributed by atoms with van der Waals surface area (Å²) in [4.78, 5) is 29.8. The summed E-state index contributed by atoms with van der Waals surface area (Å²) in [6.45, 7) is 2.65. The van der Waals surface area contributed by atoms with Gasteiger partial charge in [0.2, 0.25) is 0 Å². The number of benzene rings is 1. The van der Waals surface area contributed by atoms with Gasteiger partial charge in [-0.15, -0.1) is 0 Å². The standard InChI is InChI=1S/C21H25ClN2O4/c1-2-9-28-13-19-23-18(15-3-5-16(22)6-4-15)10-20(27)24(19)12-17(26)11-21(14-25)7-8-21/h3-6,10,25H,2,7-9,11-14H2,1H3. The highest BCUT2D eigenvalue weighted by atomic mass is 35.5. The van der Waals surface area contributed by atoms with Crippen molar-refractivity contribution in [1.82, 2.24) is 9.55 Å². The summed E-state index contributed by atoms with van der Waals surface area (Å²) in [5, 5.41) is 10.0. The molecule has 1 saturated carbocycles. The van der Waals surface area contributed by atoms with Crippen LogP contribution in [0.2, 0.25) is 5.02 Å². The Kier molecular flexibility index (Phi) is 6.65. The third-order valence-electron chi connectivity index (χ3n) is 5.01. The number of hydrogen-bond donors (Lipinski definition) is 1. The molecule has 1 aromatic carbocycles. The highest BCUT2D eigenvalue weighted by Gasteiger charge is 2.43. The molecular weight excluding hydrogens is 380 g/mol. The summed E-state index contributed by atoms with van der Waals surface area (Å²) in [6.07, 6.45) is 2.83. The van der Waals surface area contributed by atoms with Crippen molar-refractivity contribution in [1.29, 1.82) is 0 Å². The van der Waals surface area contributed by atoms with E-state index in [2.05, 4.69) is 4.98 Å². The molecule has 7 heteroatoms. The first-order valence-corrected chi connectivity index (χ1v) is 9.91. The summed E-state index contributed by atoms with van der Waals surface area (Å²) >= 11 is 5.94. The van der Waals surface area contributed by atoms with Crippen LogP contribution in [0.15, 0.2) is 35.1 Å². The fourth-order valence-corrected chi connectivity index (χ4v) is 3.25. The second kappa shape index (κ2) is 8.99. The molecule has 0 unspecified atom stereocenters. The molecule has 6 nitrogen and oxygen atoms in total. The normalized spacial score (nSPS) is 14.8. The Hall–Kier alpha value is -2.02. The van der Waals surface area contributed by atoms with E-state index in [0.29, 0.717) is 23.1 Å². The molecule has 0 saturated heterocycles. The summed E-state index contributed by atoms with van der Waals surface area (Å²) in [5.41, 5.74) is 0.719. The highest BCUT2D eigenvalue weighted by molar-refractivity contribution is 6.30. The Morgan fingerprint density at radius 2 is 2.04 bits per heavy atom.